The Labute approximate surface area is 293 Å². The summed E-state index contributed by atoms with van der Waals surface area (Å²) in [4.78, 5) is 69.3. The number of hydrogen-bond acceptors (Lipinski definition) is 8. The highest BCUT2D eigenvalue weighted by atomic mass is 16.6. The molecule has 1 aliphatic heterocycles. The van der Waals surface area contributed by atoms with Crippen LogP contribution in [-0.4, -0.2) is 84.2 Å². The molecule has 2 aromatic rings. The maximum atomic E-state index is 14.0. The second kappa shape index (κ2) is 19.3. The first-order chi connectivity index (χ1) is 24.2. The minimum Gasteiger partial charge on any atom is -0.445 e. The lowest BCUT2D eigenvalue weighted by Crippen LogP contribution is -2.53. The first-order valence-electron chi connectivity index (χ1n) is 17.4. The fourth-order valence-electron chi connectivity index (χ4n) is 6.96. The number of carbonyl (C=O) groups is 4. The Morgan fingerprint density at radius 1 is 1.00 bits per heavy atom. The molecule has 1 heterocycles. The van der Waals surface area contributed by atoms with Crippen LogP contribution in [0.1, 0.15) is 81.4 Å². The molecule has 2 aromatic carbocycles. The number of ketones is 1. The summed E-state index contributed by atoms with van der Waals surface area (Å²) in [5, 5.41) is 12.9. The summed E-state index contributed by atoms with van der Waals surface area (Å²) in [5.74, 6) is -1.37. The molecule has 269 valence electrons. The number of nitrogens with zero attached hydrogens (tertiary/aromatic N) is 2. The van der Waals surface area contributed by atoms with Crippen LogP contribution in [0.25, 0.3) is 0 Å². The van der Waals surface area contributed by atoms with Crippen LogP contribution in [-0.2, 0) is 35.3 Å². The molecule has 1 saturated heterocycles. The number of nitrogens with one attached hydrogen (secondary N) is 3. The molecule has 1 aliphatic carbocycles. The van der Waals surface area contributed by atoms with Gasteiger partial charge < -0.3 is 35.6 Å². The number of nitrogens with two attached hydrogens (primary N) is 1. The zero-order chi connectivity index (χ0) is 35.9. The third kappa shape index (κ3) is 10.8. The third-order valence-electron chi connectivity index (χ3n) is 9.62. The zero-order valence-electron chi connectivity index (χ0n) is 28.7. The molecular weight excluding hydrogens is 640 g/mol. The summed E-state index contributed by atoms with van der Waals surface area (Å²) in [7, 11) is 1.67. The van der Waals surface area contributed by atoms with E-state index in [1.807, 2.05) is 30.3 Å². The highest BCUT2D eigenvalue weighted by Gasteiger charge is 2.40. The molecular formula is C37H49N6O7. The molecule has 2 fully saturated rings. The third-order valence-corrected chi connectivity index (χ3v) is 9.62. The molecule has 50 heavy (non-hydrogen) atoms. The Morgan fingerprint density at radius 2 is 1.68 bits per heavy atom. The molecule has 2 aliphatic rings. The van der Waals surface area contributed by atoms with Crippen LogP contribution in [0.4, 0.5) is 4.79 Å². The van der Waals surface area contributed by atoms with E-state index in [2.05, 4.69) is 10.6 Å². The van der Waals surface area contributed by atoms with E-state index in [0.717, 1.165) is 37.7 Å². The zero-order valence-corrected chi connectivity index (χ0v) is 28.7. The van der Waals surface area contributed by atoms with Gasteiger partial charge in [0.15, 0.2) is 17.8 Å². The van der Waals surface area contributed by atoms with Gasteiger partial charge in [-0.05, 0) is 50.0 Å². The summed E-state index contributed by atoms with van der Waals surface area (Å²) in [6.07, 6.45) is 4.72. The van der Waals surface area contributed by atoms with Gasteiger partial charge >= 0.3 is 12.6 Å². The number of carbonyl (C=O) groups excluding carboxylic acids is 5. The number of ether oxygens (including phenoxy) is 2. The quantitative estimate of drug-likeness (QED) is 0.109. The summed E-state index contributed by atoms with van der Waals surface area (Å²) in [6, 6.07) is 15.6. The standard InChI is InChI=1S/C37H49N6O7/c1-42(37(48)49-24-26-13-5-2-6-14-26)31(27-15-7-3-8-16-27)23-32(45)43-22-12-20-30(43)35(47)41-29(19-11-21-40-36(38)39)33(46)34(50-25-44)28-17-9-4-10-18-28/h2,4-6,9-10,13-14,17-18,27,29-31,34H,3,7-8,11-12,15-16,19-24H2,1H3,(H,41,47)(H4,38,39,40)/t29-,30-,31?,34?/m0/s1. The fourth-order valence-corrected chi connectivity index (χ4v) is 6.96. The minimum absolute atomic E-state index is 0.0452. The summed E-state index contributed by atoms with van der Waals surface area (Å²) >= 11 is 0. The van der Waals surface area contributed by atoms with Gasteiger partial charge in [0.25, 0.3) is 0 Å². The first kappa shape index (κ1) is 37.9. The van der Waals surface area contributed by atoms with E-state index in [9.17, 15) is 24.0 Å². The Kier molecular flexibility index (Phi) is 14.6. The van der Waals surface area contributed by atoms with Crippen LogP contribution in [0, 0.1) is 11.3 Å². The molecule has 13 heteroatoms. The van der Waals surface area contributed by atoms with Gasteiger partial charge in [0.2, 0.25) is 11.8 Å². The topological polar surface area (TPSA) is 184 Å². The Bertz CT molecular complexity index is 1440. The van der Waals surface area contributed by atoms with Gasteiger partial charge in [0, 0.05) is 38.2 Å². The Balaban J connectivity index is 1.47. The largest absolute Gasteiger partial charge is 0.445 e. The fraction of sp³-hybridized carbons (Fsp3) is 0.514. The van der Waals surface area contributed by atoms with E-state index in [1.165, 1.54) is 6.47 Å². The number of likely N-dealkylation sites (tertiary alicyclic amines) is 1. The van der Waals surface area contributed by atoms with Gasteiger partial charge in [-0.25, -0.2) is 9.59 Å². The van der Waals surface area contributed by atoms with Gasteiger partial charge in [0.05, 0.1) is 6.04 Å². The molecule has 4 atom stereocenters. The second-order valence-electron chi connectivity index (χ2n) is 13.0. The Hall–Kier alpha value is -4.94. The van der Waals surface area contributed by atoms with E-state index in [1.54, 1.807) is 47.2 Å². The number of rotatable bonds is 17. The average molecular weight is 690 g/mol. The van der Waals surface area contributed by atoms with E-state index in [4.69, 9.17) is 20.6 Å². The van der Waals surface area contributed by atoms with Crippen molar-refractivity contribution in [3.63, 3.8) is 0 Å². The molecule has 0 bridgehead atoms. The number of guanidine groups is 1. The molecule has 0 aromatic heterocycles. The molecule has 4 rings (SSSR count). The van der Waals surface area contributed by atoms with Gasteiger partial charge in [-0.15, -0.1) is 0 Å². The first-order valence-corrected chi connectivity index (χ1v) is 17.4. The highest BCUT2D eigenvalue weighted by Crippen LogP contribution is 2.32. The lowest BCUT2D eigenvalue weighted by molar-refractivity contribution is -0.141. The second-order valence-corrected chi connectivity index (χ2v) is 13.0. The van der Waals surface area contributed by atoms with Gasteiger partial charge in [-0.1, -0.05) is 79.9 Å². The monoisotopic (exact) mass is 689 g/mol. The predicted octanol–water partition coefficient (Wildman–Crippen LogP) is 3.73. The van der Waals surface area contributed by atoms with Crippen molar-refractivity contribution in [1.82, 2.24) is 20.4 Å². The Morgan fingerprint density at radius 3 is 2.34 bits per heavy atom. The van der Waals surface area contributed by atoms with Crippen molar-refractivity contribution in [3.8, 4) is 0 Å². The molecule has 2 unspecified atom stereocenters. The van der Waals surface area contributed by atoms with Crippen LogP contribution in [0.15, 0.2) is 60.7 Å². The highest BCUT2D eigenvalue weighted by molar-refractivity contribution is 5.95. The number of hydrogen-bond donors (Lipinski definition) is 4. The molecule has 3 amide bonds. The van der Waals surface area contributed by atoms with Crippen LogP contribution < -0.4 is 16.4 Å². The van der Waals surface area contributed by atoms with Crippen molar-refractivity contribution in [3.05, 3.63) is 71.8 Å². The number of benzene rings is 2. The molecule has 1 radical (unpaired) electrons. The number of amides is 3. The van der Waals surface area contributed by atoms with Crippen molar-refractivity contribution in [1.29, 1.82) is 5.41 Å². The smallest absolute Gasteiger partial charge is 0.418 e. The van der Waals surface area contributed by atoms with Crippen molar-refractivity contribution >= 4 is 36.1 Å². The number of Topliss-reactive ketones (excluding diaryl/α,β-unsaturated/α-hetero) is 1. The van der Waals surface area contributed by atoms with Gasteiger partial charge in [-0.2, -0.15) is 0 Å². The van der Waals surface area contributed by atoms with E-state index in [-0.39, 0.29) is 43.8 Å². The maximum Gasteiger partial charge on any atom is 0.418 e. The van der Waals surface area contributed by atoms with Gasteiger partial charge in [-0.3, -0.25) is 19.8 Å². The van der Waals surface area contributed by atoms with Crippen LogP contribution >= 0.6 is 0 Å². The van der Waals surface area contributed by atoms with Crippen molar-refractivity contribution in [2.24, 2.45) is 11.7 Å². The predicted molar refractivity (Wildman–Crippen MR) is 186 cm³/mol. The molecule has 13 nitrogen and oxygen atoms in total. The van der Waals surface area contributed by atoms with Crippen LogP contribution in [0.2, 0.25) is 0 Å². The molecule has 5 N–H and O–H groups in total. The van der Waals surface area contributed by atoms with E-state index < -0.39 is 42.0 Å². The van der Waals surface area contributed by atoms with Crippen LogP contribution in [0.5, 0.6) is 0 Å². The lowest BCUT2D eigenvalue weighted by Gasteiger charge is -2.37. The van der Waals surface area contributed by atoms with Crippen molar-refractivity contribution in [2.45, 2.75) is 95.0 Å². The SMILES string of the molecule is CN(C(=O)OCc1ccccc1)C(CC(=O)N1CCC[C@H]1C(=O)N[C@@H](CCCNC(=N)N)C(=O)C(O[C]=O)c1ccccc1)C1CCCCC1. The summed E-state index contributed by atoms with van der Waals surface area (Å²) in [6.45, 7) is 2.13. The molecule has 1 saturated carbocycles. The molecule has 0 spiro atoms. The summed E-state index contributed by atoms with van der Waals surface area (Å²) in [5.41, 5.74) is 6.70. The van der Waals surface area contributed by atoms with E-state index in [0.29, 0.717) is 31.4 Å². The van der Waals surface area contributed by atoms with Crippen LogP contribution in [0.3, 0.4) is 0 Å². The van der Waals surface area contributed by atoms with Crippen molar-refractivity contribution in [2.75, 3.05) is 20.1 Å². The minimum atomic E-state index is -1.30. The van der Waals surface area contributed by atoms with E-state index >= 15 is 0 Å². The lowest BCUT2D eigenvalue weighted by atomic mass is 9.82. The summed E-state index contributed by atoms with van der Waals surface area (Å²) < 4.78 is 10.7. The average Bonchev–Trinajstić information content (AvgIpc) is 3.64. The van der Waals surface area contributed by atoms with Crippen molar-refractivity contribution < 1.29 is 33.4 Å². The van der Waals surface area contributed by atoms with Gasteiger partial charge in [0.1, 0.15) is 12.6 Å². The maximum absolute atomic E-state index is 14.0. The normalized spacial score (nSPS) is 17.9.